The molecule has 0 radical (unpaired) electrons. The van der Waals surface area contributed by atoms with Crippen molar-refractivity contribution < 1.29 is 13.9 Å². The van der Waals surface area contributed by atoms with Crippen molar-refractivity contribution in [3.05, 3.63) is 54.0 Å². The zero-order chi connectivity index (χ0) is 18.6. The summed E-state index contributed by atoms with van der Waals surface area (Å²) in [5, 5.41) is 6.40. The second-order valence-corrected chi connectivity index (χ2v) is 5.38. The van der Waals surface area contributed by atoms with E-state index in [1.807, 2.05) is 19.9 Å². The van der Waals surface area contributed by atoms with Gasteiger partial charge in [0.1, 0.15) is 11.6 Å². The first kappa shape index (κ1) is 23.1. The number of guanidine groups is 1. The summed E-state index contributed by atoms with van der Waals surface area (Å²) >= 11 is 0. The fraction of sp³-hybridized carbons (Fsp3) is 0.368. The molecule has 0 unspecified atom stereocenters. The fourth-order valence-electron chi connectivity index (χ4n) is 2.09. The van der Waals surface area contributed by atoms with E-state index in [4.69, 9.17) is 9.47 Å². The van der Waals surface area contributed by atoms with Gasteiger partial charge in [0.25, 0.3) is 0 Å². The van der Waals surface area contributed by atoms with Crippen LogP contribution in [0.25, 0.3) is 0 Å². The highest BCUT2D eigenvalue weighted by Crippen LogP contribution is 2.19. The average Bonchev–Trinajstić information content (AvgIpc) is 2.66. The van der Waals surface area contributed by atoms with Crippen LogP contribution in [0.2, 0.25) is 0 Å². The number of ether oxygens (including phenoxy) is 2. The van der Waals surface area contributed by atoms with Crippen LogP contribution < -0.4 is 15.4 Å². The van der Waals surface area contributed by atoms with Crippen LogP contribution in [0.1, 0.15) is 19.4 Å². The van der Waals surface area contributed by atoms with Gasteiger partial charge in [-0.15, -0.1) is 24.0 Å². The maximum absolute atomic E-state index is 12.9. The largest absolute Gasteiger partial charge is 0.439 e. The second-order valence-electron chi connectivity index (χ2n) is 5.38. The summed E-state index contributed by atoms with van der Waals surface area (Å²) in [6, 6.07) is 9.49. The van der Waals surface area contributed by atoms with Gasteiger partial charge < -0.3 is 20.1 Å². The number of halogens is 2. The van der Waals surface area contributed by atoms with Crippen LogP contribution in [0.15, 0.2) is 47.6 Å². The van der Waals surface area contributed by atoms with Gasteiger partial charge in [-0.1, -0.05) is 6.07 Å². The van der Waals surface area contributed by atoms with Crippen LogP contribution in [0.4, 0.5) is 4.39 Å². The van der Waals surface area contributed by atoms with Crippen LogP contribution in [-0.4, -0.2) is 37.2 Å². The van der Waals surface area contributed by atoms with Crippen LogP contribution in [0, 0.1) is 5.82 Å². The first-order chi connectivity index (χ1) is 12.7. The number of aromatic nitrogens is 1. The molecule has 6 nitrogen and oxygen atoms in total. The first-order valence-electron chi connectivity index (χ1n) is 8.69. The Kier molecular flexibility index (Phi) is 11.3. The second kappa shape index (κ2) is 13.3. The van der Waals surface area contributed by atoms with Crippen molar-refractivity contribution in [2.24, 2.45) is 4.99 Å². The molecule has 0 bridgehead atoms. The lowest BCUT2D eigenvalue weighted by atomic mass is 10.3. The summed E-state index contributed by atoms with van der Waals surface area (Å²) in [5.74, 6) is 1.42. The van der Waals surface area contributed by atoms with E-state index in [-0.39, 0.29) is 29.8 Å². The predicted molar refractivity (Wildman–Crippen MR) is 115 cm³/mol. The third-order valence-corrected chi connectivity index (χ3v) is 3.34. The molecule has 2 rings (SSSR count). The zero-order valence-electron chi connectivity index (χ0n) is 15.6. The molecule has 1 aromatic carbocycles. The number of aliphatic imine (C=N–C) groups is 1. The number of rotatable bonds is 9. The Morgan fingerprint density at radius 3 is 2.52 bits per heavy atom. The Labute approximate surface area is 176 Å². The number of pyridine rings is 1. The van der Waals surface area contributed by atoms with Crippen molar-refractivity contribution in [2.75, 3.05) is 26.3 Å². The molecule has 0 fully saturated rings. The molecule has 0 aliphatic heterocycles. The van der Waals surface area contributed by atoms with Crippen molar-refractivity contribution in [3.8, 4) is 11.6 Å². The lowest BCUT2D eigenvalue weighted by Crippen LogP contribution is -2.39. The molecule has 2 N–H and O–H groups in total. The Balaban J connectivity index is 0.00000364. The van der Waals surface area contributed by atoms with Gasteiger partial charge in [-0.25, -0.2) is 14.4 Å². The average molecular weight is 488 g/mol. The smallest absolute Gasteiger partial charge is 0.219 e. The fourth-order valence-corrected chi connectivity index (χ4v) is 2.09. The predicted octanol–water partition coefficient (Wildman–Crippen LogP) is 3.72. The Morgan fingerprint density at radius 2 is 1.89 bits per heavy atom. The summed E-state index contributed by atoms with van der Waals surface area (Å²) in [4.78, 5) is 8.78. The number of nitrogens with zero attached hydrogens (tertiary/aromatic N) is 2. The van der Waals surface area contributed by atoms with E-state index in [1.54, 1.807) is 24.4 Å². The summed E-state index contributed by atoms with van der Waals surface area (Å²) in [6.45, 7) is 7.29. The van der Waals surface area contributed by atoms with Crippen LogP contribution >= 0.6 is 24.0 Å². The van der Waals surface area contributed by atoms with Crippen LogP contribution in [0.5, 0.6) is 11.6 Å². The number of hydrogen-bond acceptors (Lipinski definition) is 4. The molecular weight excluding hydrogens is 462 g/mol. The summed E-state index contributed by atoms with van der Waals surface area (Å²) in [7, 11) is 0. The number of hydrogen-bond donors (Lipinski definition) is 2. The molecule has 1 heterocycles. The first-order valence-corrected chi connectivity index (χ1v) is 8.69. The van der Waals surface area contributed by atoms with E-state index >= 15 is 0 Å². The molecule has 0 amide bonds. The van der Waals surface area contributed by atoms with Crippen molar-refractivity contribution in [1.82, 2.24) is 15.6 Å². The molecule has 2 aromatic rings. The molecule has 0 atom stereocenters. The monoisotopic (exact) mass is 488 g/mol. The van der Waals surface area contributed by atoms with E-state index < -0.39 is 0 Å². The topological polar surface area (TPSA) is 67.8 Å². The molecule has 148 valence electrons. The van der Waals surface area contributed by atoms with Gasteiger partial charge in [0, 0.05) is 32.0 Å². The van der Waals surface area contributed by atoms with E-state index in [9.17, 15) is 4.39 Å². The molecule has 0 spiro atoms. The minimum atomic E-state index is -0.301. The van der Waals surface area contributed by atoms with E-state index in [1.165, 1.54) is 12.1 Å². The molecule has 27 heavy (non-hydrogen) atoms. The van der Waals surface area contributed by atoms with Gasteiger partial charge in [0.05, 0.1) is 13.2 Å². The highest BCUT2D eigenvalue weighted by atomic mass is 127. The van der Waals surface area contributed by atoms with Gasteiger partial charge in [-0.05, 0) is 43.7 Å². The van der Waals surface area contributed by atoms with E-state index in [2.05, 4.69) is 20.6 Å². The summed E-state index contributed by atoms with van der Waals surface area (Å²) < 4.78 is 23.8. The van der Waals surface area contributed by atoms with Crippen LogP contribution in [-0.2, 0) is 11.3 Å². The molecule has 1 aromatic heterocycles. The lowest BCUT2D eigenvalue weighted by Gasteiger charge is -2.11. The van der Waals surface area contributed by atoms with Crippen molar-refractivity contribution in [2.45, 2.75) is 20.4 Å². The lowest BCUT2D eigenvalue weighted by molar-refractivity contribution is 0.152. The van der Waals surface area contributed by atoms with Gasteiger partial charge in [0.15, 0.2) is 5.96 Å². The van der Waals surface area contributed by atoms with Gasteiger partial charge in [-0.3, -0.25) is 0 Å². The molecule has 0 aliphatic rings. The van der Waals surface area contributed by atoms with Crippen molar-refractivity contribution >= 4 is 29.9 Å². The Morgan fingerprint density at radius 1 is 1.11 bits per heavy atom. The summed E-state index contributed by atoms with van der Waals surface area (Å²) in [5.41, 5.74) is 0.957. The van der Waals surface area contributed by atoms with Crippen molar-refractivity contribution in [3.63, 3.8) is 0 Å². The highest BCUT2D eigenvalue weighted by molar-refractivity contribution is 14.0. The minimum Gasteiger partial charge on any atom is -0.439 e. The third kappa shape index (κ3) is 9.00. The Bertz CT molecular complexity index is 681. The van der Waals surface area contributed by atoms with Gasteiger partial charge in [-0.2, -0.15) is 0 Å². The minimum absolute atomic E-state index is 0. The summed E-state index contributed by atoms with van der Waals surface area (Å²) in [6.07, 6.45) is 1.71. The molecule has 8 heteroatoms. The SMILES string of the molecule is CCNC(=NCc1ccc(Oc2ccc(F)cc2)nc1)NCCOCC.I. The number of nitrogens with one attached hydrogen (secondary N) is 2. The quantitative estimate of drug-likeness (QED) is 0.244. The highest BCUT2D eigenvalue weighted by Gasteiger charge is 2.01. The number of benzene rings is 1. The van der Waals surface area contributed by atoms with Gasteiger partial charge >= 0.3 is 0 Å². The van der Waals surface area contributed by atoms with Crippen molar-refractivity contribution in [1.29, 1.82) is 0 Å². The van der Waals surface area contributed by atoms with Crippen LogP contribution in [0.3, 0.4) is 0 Å². The maximum Gasteiger partial charge on any atom is 0.219 e. The van der Waals surface area contributed by atoms with E-state index in [0.717, 1.165) is 18.1 Å². The van der Waals surface area contributed by atoms with E-state index in [0.29, 0.717) is 37.9 Å². The zero-order valence-corrected chi connectivity index (χ0v) is 17.9. The molecule has 0 saturated carbocycles. The standard InChI is InChI=1S/C19H25FN4O2.HI/c1-3-21-19(22-11-12-25-4-2)24-14-15-5-10-18(23-13-15)26-17-8-6-16(20)7-9-17;/h5-10,13H,3-4,11-12,14H2,1-2H3,(H2,21,22,24);1H. The maximum atomic E-state index is 12.9. The molecule has 0 aliphatic carbocycles. The Hall–Kier alpha value is -1.94. The normalized spacial score (nSPS) is 10.9. The third-order valence-electron chi connectivity index (χ3n) is 3.34. The molecular formula is C19H26FIN4O2. The van der Waals surface area contributed by atoms with Gasteiger partial charge in [0.2, 0.25) is 5.88 Å². The molecule has 0 saturated heterocycles.